The van der Waals surface area contributed by atoms with Gasteiger partial charge in [0.05, 0.1) is 0 Å². The second-order valence-electron chi connectivity index (χ2n) is 8.12. The van der Waals surface area contributed by atoms with Crippen LogP contribution in [0.1, 0.15) is 54.8 Å². The van der Waals surface area contributed by atoms with Crippen LogP contribution in [0.3, 0.4) is 0 Å². The highest BCUT2D eigenvalue weighted by atomic mass is 19.1. The van der Waals surface area contributed by atoms with E-state index >= 15 is 0 Å². The third kappa shape index (κ3) is 5.04. The fraction of sp³-hybridized carbons (Fsp3) is 0.458. The van der Waals surface area contributed by atoms with Crippen molar-refractivity contribution in [1.82, 2.24) is 9.88 Å². The normalized spacial score (nSPS) is 21.4. The van der Waals surface area contributed by atoms with Gasteiger partial charge >= 0.3 is 0 Å². The summed E-state index contributed by atoms with van der Waals surface area (Å²) >= 11 is 0. The zero-order chi connectivity index (χ0) is 18.5. The summed E-state index contributed by atoms with van der Waals surface area (Å²) in [5.74, 6) is 1.26. The lowest BCUT2D eigenvalue weighted by atomic mass is 9.90. The monoisotopic (exact) mass is 364 g/mol. The van der Waals surface area contributed by atoms with Crippen molar-refractivity contribution in [3.63, 3.8) is 0 Å². The molecule has 4 rings (SSSR count). The number of aromatic nitrogens is 1. The van der Waals surface area contributed by atoms with Crippen molar-refractivity contribution in [2.75, 3.05) is 19.6 Å². The Bertz CT molecular complexity index is 760. The van der Waals surface area contributed by atoms with Crippen molar-refractivity contribution >= 4 is 0 Å². The predicted octanol–water partition coefficient (Wildman–Crippen LogP) is 5.35. The zero-order valence-corrected chi connectivity index (χ0v) is 16.0. The Morgan fingerprint density at radius 1 is 1.00 bits per heavy atom. The number of rotatable bonds is 5. The molecular weight excluding hydrogens is 335 g/mol. The average Bonchev–Trinajstić information content (AvgIpc) is 2.70. The molecule has 0 spiro atoms. The largest absolute Gasteiger partial charge is 0.303 e. The van der Waals surface area contributed by atoms with Gasteiger partial charge in [-0.15, -0.1) is 0 Å². The maximum Gasteiger partial charge on any atom is 0.123 e. The first-order valence-electron chi connectivity index (χ1n) is 10.3. The molecule has 0 amide bonds. The summed E-state index contributed by atoms with van der Waals surface area (Å²) in [5, 5.41) is 0. The SMILES string of the molecule is Fc1cccc(Cc2ccc(C3CCN(C[C@@H]4CC=CCC4)CC3)nc2)c1. The molecule has 0 N–H and O–H groups in total. The van der Waals surface area contributed by atoms with Gasteiger partial charge in [-0.3, -0.25) is 4.98 Å². The van der Waals surface area contributed by atoms with Gasteiger partial charge in [0.1, 0.15) is 5.82 Å². The predicted molar refractivity (Wildman–Crippen MR) is 108 cm³/mol. The highest BCUT2D eigenvalue weighted by molar-refractivity contribution is 5.26. The van der Waals surface area contributed by atoms with E-state index in [2.05, 4.69) is 29.2 Å². The maximum absolute atomic E-state index is 13.3. The number of nitrogens with zero attached hydrogens (tertiary/aromatic N) is 2. The second kappa shape index (κ2) is 8.79. The van der Waals surface area contributed by atoms with Gasteiger partial charge in [-0.1, -0.05) is 30.4 Å². The number of halogens is 1. The molecule has 0 unspecified atom stereocenters. The van der Waals surface area contributed by atoms with Crippen LogP contribution in [0.4, 0.5) is 4.39 Å². The number of hydrogen-bond acceptors (Lipinski definition) is 2. The van der Waals surface area contributed by atoms with Crippen LogP contribution in [0, 0.1) is 11.7 Å². The molecule has 1 atom stereocenters. The van der Waals surface area contributed by atoms with Gasteiger partial charge in [-0.05, 0) is 86.9 Å². The fourth-order valence-corrected chi connectivity index (χ4v) is 4.46. The fourth-order valence-electron chi connectivity index (χ4n) is 4.46. The summed E-state index contributed by atoms with van der Waals surface area (Å²) in [4.78, 5) is 7.39. The summed E-state index contributed by atoms with van der Waals surface area (Å²) in [6, 6.07) is 11.2. The second-order valence-corrected chi connectivity index (χ2v) is 8.12. The van der Waals surface area contributed by atoms with Crippen LogP contribution >= 0.6 is 0 Å². The standard InChI is InChI=1S/C24H29FN2/c25-23-8-4-7-20(16-23)15-21-9-10-24(26-17-21)22-11-13-27(14-12-22)18-19-5-2-1-3-6-19/h1-2,4,7-10,16-17,19,22H,3,5-6,11-15,18H2/t19-/m1/s1. The van der Waals surface area contributed by atoms with E-state index in [0.29, 0.717) is 5.92 Å². The van der Waals surface area contributed by atoms with E-state index in [1.54, 1.807) is 12.1 Å². The van der Waals surface area contributed by atoms with E-state index in [9.17, 15) is 4.39 Å². The van der Waals surface area contributed by atoms with Crippen molar-refractivity contribution in [2.24, 2.45) is 5.92 Å². The topological polar surface area (TPSA) is 16.1 Å². The minimum absolute atomic E-state index is 0.173. The van der Waals surface area contributed by atoms with Crippen LogP contribution in [-0.2, 0) is 6.42 Å². The van der Waals surface area contributed by atoms with E-state index in [0.717, 1.165) is 23.5 Å². The average molecular weight is 365 g/mol. The van der Waals surface area contributed by atoms with Crippen molar-refractivity contribution in [2.45, 2.75) is 44.4 Å². The molecule has 2 nitrogen and oxygen atoms in total. The van der Waals surface area contributed by atoms with Crippen LogP contribution in [0.25, 0.3) is 0 Å². The van der Waals surface area contributed by atoms with E-state index in [4.69, 9.17) is 4.98 Å². The molecule has 1 aliphatic carbocycles. The molecule has 0 radical (unpaired) electrons. The molecule has 1 aliphatic heterocycles. The van der Waals surface area contributed by atoms with Gasteiger partial charge < -0.3 is 4.90 Å². The van der Waals surface area contributed by atoms with Gasteiger partial charge in [0.25, 0.3) is 0 Å². The molecule has 1 aromatic carbocycles. The minimum atomic E-state index is -0.173. The molecule has 1 aromatic heterocycles. The van der Waals surface area contributed by atoms with E-state index in [-0.39, 0.29) is 5.82 Å². The molecule has 3 heteroatoms. The van der Waals surface area contributed by atoms with E-state index in [1.807, 2.05) is 12.3 Å². The number of piperidine rings is 1. The van der Waals surface area contributed by atoms with Crippen LogP contribution < -0.4 is 0 Å². The highest BCUT2D eigenvalue weighted by Gasteiger charge is 2.23. The van der Waals surface area contributed by atoms with Gasteiger partial charge in [0, 0.05) is 24.4 Å². The molecule has 2 aliphatic rings. The van der Waals surface area contributed by atoms with Crippen molar-refractivity contribution < 1.29 is 4.39 Å². The van der Waals surface area contributed by atoms with Gasteiger partial charge in [0.15, 0.2) is 0 Å². The Labute approximate surface area is 162 Å². The zero-order valence-electron chi connectivity index (χ0n) is 16.0. The lowest BCUT2D eigenvalue weighted by Gasteiger charge is -2.34. The Morgan fingerprint density at radius 2 is 1.89 bits per heavy atom. The highest BCUT2D eigenvalue weighted by Crippen LogP contribution is 2.28. The van der Waals surface area contributed by atoms with Crippen molar-refractivity contribution in [3.8, 4) is 0 Å². The third-order valence-corrected chi connectivity index (χ3v) is 6.04. The van der Waals surface area contributed by atoms with Gasteiger partial charge in [-0.2, -0.15) is 0 Å². The number of pyridine rings is 1. The minimum Gasteiger partial charge on any atom is -0.303 e. The molecule has 142 valence electrons. The summed E-state index contributed by atoms with van der Waals surface area (Å²) in [6.07, 6.45) is 13.7. The lowest BCUT2D eigenvalue weighted by Crippen LogP contribution is -2.36. The summed E-state index contributed by atoms with van der Waals surface area (Å²) in [5.41, 5.74) is 3.36. The number of allylic oxidation sites excluding steroid dienone is 2. The summed E-state index contributed by atoms with van der Waals surface area (Å²) in [7, 11) is 0. The quantitative estimate of drug-likeness (QED) is 0.665. The number of hydrogen-bond donors (Lipinski definition) is 0. The lowest BCUT2D eigenvalue weighted by molar-refractivity contribution is 0.177. The van der Waals surface area contributed by atoms with Crippen molar-refractivity contribution in [3.05, 3.63) is 77.4 Å². The number of benzene rings is 1. The number of likely N-dealkylation sites (tertiary alicyclic amines) is 1. The molecule has 27 heavy (non-hydrogen) atoms. The molecule has 1 fully saturated rings. The molecule has 1 saturated heterocycles. The molecule has 0 bridgehead atoms. The first-order chi connectivity index (χ1) is 13.3. The first kappa shape index (κ1) is 18.4. The molecule has 0 saturated carbocycles. The van der Waals surface area contributed by atoms with E-state index < -0.39 is 0 Å². The maximum atomic E-state index is 13.3. The molecular formula is C24H29FN2. The Hall–Kier alpha value is -2.00. The van der Waals surface area contributed by atoms with Gasteiger partial charge in [0.2, 0.25) is 0 Å². The summed E-state index contributed by atoms with van der Waals surface area (Å²) < 4.78 is 13.3. The van der Waals surface area contributed by atoms with Crippen LogP contribution in [0.15, 0.2) is 54.7 Å². The summed E-state index contributed by atoms with van der Waals surface area (Å²) in [6.45, 7) is 3.65. The molecule has 2 heterocycles. The van der Waals surface area contributed by atoms with Crippen LogP contribution in [0.5, 0.6) is 0 Å². The Balaban J connectivity index is 1.29. The van der Waals surface area contributed by atoms with Crippen LogP contribution in [-0.4, -0.2) is 29.5 Å². The first-order valence-corrected chi connectivity index (χ1v) is 10.3. The van der Waals surface area contributed by atoms with Crippen LogP contribution in [0.2, 0.25) is 0 Å². The molecule has 2 aromatic rings. The van der Waals surface area contributed by atoms with E-state index in [1.165, 1.54) is 63.5 Å². The van der Waals surface area contributed by atoms with Crippen molar-refractivity contribution in [1.29, 1.82) is 0 Å². The Morgan fingerprint density at radius 3 is 2.59 bits per heavy atom. The third-order valence-electron chi connectivity index (χ3n) is 6.04. The Kier molecular flexibility index (Phi) is 5.98. The van der Waals surface area contributed by atoms with Gasteiger partial charge in [-0.25, -0.2) is 4.39 Å². The smallest absolute Gasteiger partial charge is 0.123 e.